The topological polar surface area (TPSA) is 0 Å². The molecule has 0 fully saturated rings. The SMILES string of the molecule is CC1=[C-]CC(c2ccccc2)=C1.Cl.Cl.[Zr]. The van der Waals surface area contributed by atoms with Gasteiger partial charge in [-0.2, -0.15) is 0 Å². The molecule has 0 heterocycles. The minimum absolute atomic E-state index is 0. The van der Waals surface area contributed by atoms with E-state index in [1.165, 1.54) is 16.7 Å². The number of hydrogen-bond acceptors (Lipinski definition) is 0. The molecule has 1 aliphatic carbocycles. The number of allylic oxidation sites excluding steroid dienone is 4. The summed E-state index contributed by atoms with van der Waals surface area (Å²) in [5, 5.41) is 0. The molecule has 1 aromatic carbocycles. The third kappa shape index (κ3) is 4.68. The molecule has 15 heavy (non-hydrogen) atoms. The zero-order valence-corrected chi connectivity index (χ0v) is 12.6. The van der Waals surface area contributed by atoms with Crippen molar-refractivity contribution >= 4 is 30.4 Å². The van der Waals surface area contributed by atoms with Crippen LogP contribution in [0.2, 0.25) is 0 Å². The zero-order valence-electron chi connectivity index (χ0n) is 8.49. The molecule has 2 rings (SSSR count). The first-order chi connectivity index (χ1) is 5.86. The second-order valence-corrected chi connectivity index (χ2v) is 3.07. The van der Waals surface area contributed by atoms with Gasteiger partial charge in [-0.25, -0.2) is 11.6 Å². The molecule has 0 saturated heterocycles. The van der Waals surface area contributed by atoms with Crippen molar-refractivity contribution in [1.82, 2.24) is 0 Å². The number of benzene rings is 1. The second kappa shape index (κ2) is 8.33. The van der Waals surface area contributed by atoms with E-state index in [9.17, 15) is 0 Å². The van der Waals surface area contributed by atoms with Crippen LogP contribution in [0, 0.1) is 6.08 Å². The summed E-state index contributed by atoms with van der Waals surface area (Å²) in [7, 11) is 0. The molecule has 1 aromatic rings. The number of halogens is 2. The van der Waals surface area contributed by atoms with Crippen molar-refractivity contribution in [3.8, 4) is 0 Å². The molecule has 0 aliphatic heterocycles. The largest absolute Gasteiger partial charge is 0.269 e. The Morgan fingerprint density at radius 3 is 2.13 bits per heavy atom. The van der Waals surface area contributed by atoms with Gasteiger partial charge in [-0.15, -0.1) is 36.8 Å². The average Bonchev–Trinajstić information content (AvgIpc) is 2.54. The van der Waals surface area contributed by atoms with Gasteiger partial charge in [0.05, 0.1) is 0 Å². The predicted molar refractivity (Wildman–Crippen MR) is 66.0 cm³/mol. The normalized spacial score (nSPS) is 12.6. The first-order valence-electron chi connectivity index (χ1n) is 4.20. The van der Waals surface area contributed by atoms with Crippen LogP contribution in [0.15, 0.2) is 42.0 Å². The Labute approximate surface area is 123 Å². The molecule has 0 saturated carbocycles. The van der Waals surface area contributed by atoms with E-state index in [0.29, 0.717) is 0 Å². The van der Waals surface area contributed by atoms with Crippen LogP contribution in [0.1, 0.15) is 18.9 Å². The molecule has 3 heteroatoms. The van der Waals surface area contributed by atoms with Gasteiger partial charge in [-0.1, -0.05) is 37.3 Å². The van der Waals surface area contributed by atoms with E-state index in [4.69, 9.17) is 0 Å². The van der Waals surface area contributed by atoms with E-state index >= 15 is 0 Å². The maximum Gasteiger partial charge on any atom is 0 e. The average molecular weight is 319 g/mol. The van der Waals surface area contributed by atoms with Gasteiger partial charge in [0.25, 0.3) is 0 Å². The van der Waals surface area contributed by atoms with Gasteiger partial charge < -0.3 is 0 Å². The fourth-order valence-electron chi connectivity index (χ4n) is 1.44. The van der Waals surface area contributed by atoms with Crippen LogP contribution < -0.4 is 0 Å². The van der Waals surface area contributed by atoms with Crippen LogP contribution in [0.3, 0.4) is 0 Å². The van der Waals surface area contributed by atoms with E-state index in [-0.39, 0.29) is 51.0 Å². The summed E-state index contributed by atoms with van der Waals surface area (Å²) in [5.74, 6) is 0. The van der Waals surface area contributed by atoms with Crippen LogP contribution >= 0.6 is 24.8 Å². The van der Waals surface area contributed by atoms with Gasteiger partial charge in [0.1, 0.15) is 0 Å². The smallest absolute Gasteiger partial charge is 0 e. The zero-order chi connectivity index (χ0) is 8.39. The first-order valence-corrected chi connectivity index (χ1v) is 4.20. The minimum atomic E-state index is 0. The van der Waals surface area contributed by atoms with Crippen molar-refractivity contribution in [1.29, 1.82) is 0 Å². The second-order valence-electron chi connectivity index (χ2n) is 3.07. The minimum Gasteiger partial charge on any atom is -0.269 e. The van der Waals surface area contributed by atoms with Gasteiger partial charge in [0.2, 0.25) is 0 Å². The summed E-state index contributed by atoms with van der Waals surface area (Å²) in [6.45, 7) is 2.09. The Hall–Kier alpha value is 0.163. The Morgan fingerprint density at radius 2 is 1.67 bits per heavy atom. The number of rotatable bonds is 1. The van der Waals surface area contributed by atoms with Crippen LogP contribution in [-0.4, -0.2) is 0 Å². The van der Waals surface area contributed by atoms with Crippen molar-refractivity contribution in [2.75, 3.05) is 0 Å². The molecule has 0 unspecified atom stereocenters. The molecule has 1 aliphatic rings. The summed E-state index contributed by atoms with van der Waals surface area (Å²) in [5.41, 5.74) is 3.96. The predicted octanol–water partition coefficient (Wildman–Crippen LogP) is 4.06. The molecule has 0 N–H and O–H groups in total. The Bertz CT molecular complexity index is 342. The molecule has 0 aromatic heterocycles. The standard InChI is InChI=1S/C12H11.2ClH.Zr/c1-10-7-8-12(9-10)11-5-3-2-4-6-11;;;/h2-6,9H,8H2,1H3;2*1H;/q-1;;;. The maximum atomic E-state index is 3.29. The van der Waals surface area contributed by atoms with E-state index < -0.39 is 0 Å². The van der Waals surface area contributed by atoms with Crippen LogP contribution in [0.5, 0.6) is 0 Å². The van der Waals surface area contributed by atoms with Gasteiger partial charge >= 0.3 is 0 Å². The summed E-state index contributed by atoms with van der Waals surface area (Å²) >= 11 is 0. The maximum absolute atomic E-state index is 3.29. The first kappa shape index (κ1) is 17.6. The molecule has 0 amide bonds. The monoisotopic (exact) mass is 317 g/mol. The van der Waals surface area contributed by atoms with Crippen molar-refractivity contribution in [3.05, 3.63) is 53.6 Å². The summed E-state index contributed by atoms with van der Waals surface area (Å²) < 4.78 is 0. The van der Waals surface area contributed by atoms with E-state index in [1.54, 1.807) is 0 Å². The van der Waals surface area contributed by atoms with Gasteiger partial charge in [-0.3, -0.25) is 6.08 Å². The van der Waals surface area contributed by atoms with Gasteiger partial charge in [-0.05, 0) is 5.56 Å². The third-order valence-corrected chi connectivity index (χ3v) is 2.09. The van der Waals surface area contributed by atoms with Crippen molar-refractivity contribution in [2.24, 2.45) is 0 Å². The molecule has 80 valence electrons. The van der Waals surface area contributed by atoms with E-state index in [1.807, 2.05) is 6.07 Å². The third-order valence-electron chi connectivity index (χ3n) is 2.09. The Morgan fingerprint density at radius 1 is 1.07 bits per heavy atom. The van der Waals surface area contributed by atoms with Crippen LogP contribution in [0.4, 0.5) is 0 Å². The van der Waals surface area contributed by atoms with E-state index in [0.717, 1.165) is 6.42 Å². The van der Waals surface area contributed by atoms with Crippen molar-refractivity contribution in [2.45, 2.75) is 13.3 Å². The van der Waals surface area contributed by atoms with Gasteiger partial charge in [0.15, 0.2) is 0 Å². The molecule has 0 bridgehead atoms. The summed E-state index contributed by atoms with van der Waals surface area (Å²) in [4.78, 5) is 0. The van der Waals surface area contributed by atoms with Crippen LogP contribution in [0.25, 0.3) is 5.57 Å². The Balaban J connectivity index is 0. The quantitative estimate of drug-likeness (QED) is 0.685. The Kier molecular flexibility index (Phi) is 9.75. The molecule has 0 radical (unpaired) electrons. The fraction of sp³-hybridized carbons (Fsp3) is 0.167. The van der Waals surface area contributed by atoms with Gasteiger partial charge in [0, 0.05) is 26.2 Å². The number of hydrogen-bond donors (Lipinski definition) is 0. The fourth-order valence-corrected chi connectivity index (χ4v) is 1.44. The molecular formula is C12H13Cl2Zr-. The van der Waals surface area contributed by atoms with Crippen molar-refractivity contribution in [3.63, 3.8) is 0 Å². The molecular weight excluding hydrogens is 306 g/mol. The molecule has 0 spiro atoms. The summed E-state index contributed by atoms with van der Waals surface area (Å²) in [6, 6.07) is 10.5. The van der Waals surface area contributed by atoms with Crippen molar-refractivity contribution < 1.29 is 26.2 Å². The summed E-state index contributed by atoms with van der Waals surface area (Å²) in [6.07, 6.45) is 6.46. The molecule has 0 atom stereocenters. The van der Waals surface area contributed by atoms with Crippen LogP contribution in [-0.2, 0) is 26.2 Å². The van der Waals surface area contributed by atoms with E-state index in [2.05, 4.69) is 43.3 Å². The molecule has 0 nitrogen and oxygen atoms in total.